The third kappa shape index (κ3) is 13.7. The molecule has 7 heteroatoms. The first-order valence-electron chi connectivity index (χ1n) is 11.0. The summed E-state index contributed by atoms with van der Waals surface area (Å²) in [6.45, 7) is 0.630. The molecule has 0 heterocycles. The van der Waals surface area contributed by atoms with E-state index in [-0.39, 0.29) is 31.3 Å². The first-order valence-corrected chi connectivity index (χ1v) is 11.0. The maximum absolute atomic E-state index is 13.1. The van der Waals surface area contributed by atoms with Crippen LogP contribution in [0.25, 0.3) is 0 Å². The molecule has 164 valence electrons. The Balaban J connectivity index is 1.80. The summed E-state index contributed by atoms with van der Waals surface area (Å²) in [5.74, 6) is -3.26. The van der Waals surface area contributed by atoms with Gasteiger partial charge in [-0.25, -0.2) is 13.6 Å². The van der Waals surface area contributed by atoms with Crippen LogP contribution in [0.5, 0.6) is 0 Å². The number of carbonyl (C=O) groups is 2. The van der Waals surface area contributed by atoms with Crippen molar-refractivity contribution in [3.8, 4) is 0 Å². The number of amides is 2. The van der Waals surface area contributed by atoms with E-state index in [0.717, 1.165) is 32.1 Å². The van der Waals surface area contributed by atoms with Crippen LogP contribution in [0.1, 0.15) is 103 Å². The molecule has 1 rings (SSSR count). The van der Waals surface area contributed by atoms with Gasteiger partial charge in [0.2, 0.25) is 5.92 Å². The molecule has 0 spiro atoms. The smallest absolute Gasteiger partial charge is 0.315 e. The summed E-state index contributed by atoms with van der Waals surface area (Å²) in [7, 11) is 0. The first kappa shape index (κ1) is 24.6. The third-order valence-electron chi connectivity index (χ3n) is 5.41. The lowest BCUT2D eigenvalue weighted by atomic mass is 9.92. The molecule has 0 aromatic rings. The van der Waals surface area contributed by atoms with Crippen molar-refractivity contribution in [2.45, 2.75) is 115 Å². The molecule has 3 N–H and O–H groups in total. The van der Waals surface area contributed by atoms with Crippen molar-refractivity contribution in [3.63, 3.8) is 0 Å². The second kappa shape index (κ2) is 14.6. The van der Waals surface area contributed by atoms with Crippen molar-refractivity contribution in [1.29, 1.82) is 0 Å². The van der Waals surface area contributed by atoms with Crippen LogP contribution in [0.3, 0.4) is 0 Å². The summed E-state index contributed by atoms with van der Waals surface area (Å²) in [6, 6.07) is -0.365. The number of carboxylic acid groups (broad SMARTS) is 1. The lowest BCUT2D eigenvalue weighted by Crippen LogP contribution is -2.45. The molecule has 0 aromatic carbocycles. The Labute approximate surface area is 168 Å². The highest BCUT2D eigenvalue weighted by molar-refractivity contribution is 5.74. The number of hydrogen-bond acceptors (Lipinski definition) is 2. The summed E-state index contributed by atoms with van der Waals surface area (Å²) >= 11 is 0. The number of rotatable bonds is 15. The van der Waals surface area contributed by atoms with Crippen molar-refractivity contribution in [1.82, 2.24) is 10.6 Å². The lowest BCUT2D eigenvalue weighted by Gasteiger charge is -2.28. The fourth-order valence-corrected chi connectivity index (χ4v) is 3.62. The largest absolute Gasteiger partial charge is 0.481 e. The van der Waals surface area contributed by atoms with Gasteiger partial charge in [-0.2, -0.15) is 0 Å². The van der Waals surface area contributed by atoms with Gasteiger partial charge in [-0.05, 0) is 25.7 Å². The van der Waals surface area contributed by atoms with E-state index in [9.17, 15) is 18.4 Å². The summed E-state index contributed by atoms with van der Waals surface area (Å²) in [6.07, 6.45) is 12.9. The van der Waals surface area contributed by atoms with Crippen LogP contribution >= 0.6 is 0 Å². The van der Waals surface area contributed by atoms with E-state index in [2.05, 4.69) is 10.6 Å². The molecule has 0 bridgehead atoms. The predicted molar refractivity (Wildman–Crippen MR) is 107 cm³/mol. The van der Waals surface area contributed by atoms with Crippen molar-refractivity contribution < 1.29 is 23.5 Å². The van der Waals surface area contributed by atoms with Gasteiger partial charge in [0.05, 0.1) is 0 Å². The van der Waals surface area contributed by atoms with Crippen LogP contribution in [0.4, 0.5) is 13.6 Å². The van der Waals surface area contributed by atoms with Gasteiger partial charge in [0.25, 0.3) is 0 Å². The quantitative estimate of drug-likeness (QED) is 0.310. The molecule has 2 amide bonds. The second-order valence-electron chi connectivity index (χ2n) is 8.06. The normalized spacial score (nSPS) is 16.6. The maximum Gasteiger partial charge on any atom is 0.315 e. The standard InChI is InChI=1S/C21H38F2N2O3/c22-21(23)15-13-18(14-16-21)25-20(28)24-17-11-9-7-5-3-1-2-4-6-8-10-12-19(26)27/h18H,1-17H2,(H,26,27)(H2,24,25,28). The fraction of sp³-hybridized carbons (Fsp3) is 0.905. The van der Waals surface area contributed by atoms with Gasteiger partial charge in [-0.3, -0.25) is 4.79 Å². The molecule has 0 saturated heterocycles. The highest BCUT2D eigenvalue weighted by atomic mass is 19.3. The zero-order chi connectivity index (χ0) is 20.7. The lowest BCUT2D eigenvalue weighted by molar-refractivity contribution is -0.137. The van der Waals surface area contributed by atoms with Crippen LogP contribution in [0.2, 0.25) is 0 Å². The number of hydrogen-bond donors (Lipinski definition) is 3. The van der Waals surface area contributed by atoms with Crippen molar-refractivity contribution in [3.05, 3.63) is 0 Å². The Bertz CT molecular complexity index is 437. The number of unbranched alkanes of at least 4 members (excludes halogenated alkanes) is 10. The minimum absolute atomic E-state index is 0.128. The third-order valence-corrected chi connectivity index (χ3v) is 5.41. The number of carbonyl (C=O) groups excluding carboxylic acids is 1. The highest BCUT2D eigenvalue weighted by Crippen LogP contribution is 2.32. The fourth-order valence-electron chi connectivity index (χ4n) is 3.62. The Hall–Kier alpha value is -1.40. The Morgan fingerprint density at radius 3 is 1.79 bits per heavy atom. The zero-order valence-electron chi connectivity index (χ0n) is 17.1. The van der Waals surface area contributed by atoms with E-state index in [1.54, 1.807) is 0 Å². The highest BCUT2D eigenvalue weighted by Gasteiger charge is 2.35. The van der Waals surface area contributed by atoms with Gasteiger partial charge in [0.1, 0.15) is 0 Å². The predicted octanol–water partition coefficient (Wildman–Crippen LogP) is 5.63. The van der Waals surface area contributed by atoms with E-state index in [1.165, 1.54) is 38.5 Å². The SMILES string of the molecule is O=C(O)CCCCCCCCCCCCCNC(=O)NC1CCC(F)(F)CC1. The average molecular weight is 405 g/mol. The molecule has 0 radical (unpaired) electrons. The van der Waals surface area contributed by atoms with Crippen LogP contribution in [-0.4, -0.2) is 35.6 Å². The molecule has 0 unspecified atom stereocenters. The minimum Gasteiger partial charge on any atom is -0.481 e. The molecule has 0 atom stereocenters. The summed E-state index contributed by atoms with van der Waals surface area (Å²) in [5.41, 5.74) is 0. The van der Waals surface area contributed by atoms with Crippen LogP contribution in [-0.2, 0) is 4.79 Å². The first-order chi connectivity index (χ1) is 13.4. The summed E-state index contributed by atoms with van der Waals surface area (Å²) < 4.78 is 26.2. The van der Waals surface area contributed by atoms with E-state index in [0.29, 0.717) is 19.4 Å². The molecule has 1 aliphatic carbocycles. The van der Waals surface area contributed by atoms with E-state index < -0.39 is 11.9 Å². The van der Waals surface area contributed by atoms with Crippen LogP contribution < -0.4 is 10.6 Å². The monoisotopic (exact) mass is 404 g/mol. The topological polar surface area (TPSA) is 78.4 Å². The molecular weight excluding hydrogens is 366 g/mol. The van der Waals surface area contributed by atoms with Gasteiger partial charge < -0.3 is 15.7 Å². The number of aliphatic carboxylic acids is 1. The number of alkyl halides is 2. The second-order valence-corrected chi connectivity index (χ2v) is 8.06. The van der Waals surface area contributed by atoms with Crippen molar-refractivity contribution in [2.24, 2.45) is 0 Å². The molecule has 1 aliphatic rings. The van der Waals surface area contributed by atoms with Gasteiger partial charge in [0.15, 0.2) is 0 Å². The molecule has 1 saturated carbocycles. The van der Waals surface area contributed by atoms with E-state index in [4.69, 9.17) is 5.11 Å². The van der Waals surface area contributed by atoms with E-state index >= 15 is 0 Å². The molecule has 28 heavy (non-hydrogen) atoms. The number of urea groups is 1. The number of carboxylic acids is 1. The van der Waals surface area contributed by atoms with Gasteiger partial charge in [-0.15, -0.1) is 0 Å². The Morgan fingerprint density at radius 2 is 1.29 bits per heavy atom. The van der Waals surface area contributed by atoms with Crippen molar-refractivity contribution in [2.75, 3.05) is 6.54 Å². The van der Waals surface area contributed by atoms with Gasteiger partial charge >= 0.3 is 12.0 Å². The Kier molecular flexibility index (Phi) is 12.8. The van der Waals surface area contributed by atoms with Gasteiger partial charge in [0, 0.05) is 31.8 Å². The summed E-state index contributed by atoms with van der Waals surface area (Å²) in [4.78, 5) is 22.2. The molecular formula is C21H38F2N2O3. The van der Waals surface area contributed by atoms with Crippen LogP contribution in [0, 0.1) is 0 Å². The molecule has 0 aliphatic heterocycles. The minimum atomic E-state index is -2.56. The van der Waals surface area contributed by atoms with Gasteiger partial charge in [-0.1, -0.05) is 57.8 Å². The average Bonchev–Trinajstić information content (AvgIpc) is 2.63. The molecule has 0 aromatic heterocycles. The molecule has 1 fully saturated rings. The number of halogens is 2. The summed E-state index contributed by atoms with van der Waals surface area (Å²) in [5, 5.41) is 14.2. The number of nitrogens with one attached hydrogen (secondary N) is 2. The van der Waals surface area contributed by atoms with Crippen LogP contribution in [0.15, 0.2) is 0 Å². The molecule has 5 nitrogen and oxygen atoms in total. The zero-order valence-corrected chi connectivity index (χ0v) is 17.1. The van der Waals surface area contributed by atoms with E-state index in [1.807, 2.05) is 0 Å². The van der Waals surface area contributed by atoms with Crippen molar-refractivity contribution >= 4 is 12.0 Å². The Morgan fingerprint density at radius 1 is 0.821 bits per heavy atom. The maximum atomic E-state index is 13.1.